The van der Waals surface area contributed by atoms with Crippen LogP contribution in [0.1, 0.15) is 11.4 Å². The van der Waals surface area contributed by atoms with Crippen molar-refractivity contribution in [3.8, 4) is 5.75 Å². The third-order valence-corrected chi connectivity index (χ3v) is 4.68. The number of benzene rings is 1. The average Bonchev–Trinajstić information content (AvgIpc) is 2.58. The highest BCUT2D eigenvalue weighted by molar-refractivity contribution is 7.89. The molecular formula is C16H14N4O6S. The summed E-state index contributed by atoms with van der Waals surface area (Å²) in [7, 11) is -4.09. The zero-order valence-electron chi connectivity index (χ0n) is 14.0. The maximum atomic E-state index is 12.2. The number of ether oxygens (including phenoxy) is 1. The molecule has 2 N–H and O–H groups in total. The Morgan fingerprint density at radius 3 is 2.67 bits per heavy atom. The molecule has 0 radical (unpaired) electrons. The summed E-state index contributed by atoms with van der Waals surface area (Å²) in [5.74, 6) is -0.168. The van der Waals surface area contributed by atoms with Crippen LogP contribution in [0, 0.1) is 17.0 Å². The number of nitrogens with two attached hydrogens (primary N) is 1. The van der Waals surface area contributed by atoms with Gasteiger partial charge >= 0.3 is 5.69 Å². The van der Waals surface area contributed by atoms with Crippen LogP contribution in [-0.4, -0.2) is 22.7 Å². The third-order valence-electron chi connectivity index (χ3n) is 3.76. The first-order valence-electron chi connectivity index (χ1n) is 7.59. The second-order valence-corrected chi connectivity index (χ2v) is 7.23. The van der Waals surface area contributed by atoms with Gasteiger partial charge in [-0.25, -0.2) is 18.5 Å². The fourth-order valence-electron chi connectivity index (χ4n) is 2.53. The molecule has 0 saturated heterocycles. The molecule has 0 aliphatic heterocycles. The lowest BCUT2D eigenvalue weighted by molar-refractivity contribution is -0.386. The van der Waals surface area contributed by atoms with E-state index in [1.165, 1.54) is 10.5 Å². The normalized spacial score (nSPS) is 11.5. The van der Waals surface area contributed by atoms with Crippen LogP contribution in [0.25, 0.3) is 5.65 Å². The fourth-order valence-corrected chi connectivity index (χ4v) is 3.06. The Hall–Kier alpha value is -3.31. The molecule has 0 aliphatic carbocycles. The molecule has 2 heterocycles. The van der Waals surface area contributed by atoms with Crippen LogP contribution in [0.4, 0.5) is 5.69 Å². The van der Waals surface area contributed by atoms with Gasteiger partial charge in [0.05, 0.1) is 15.5 Å². The van der Waals surface area contributed by atoms with Crippen LogP contribution in [0.15, 0.2) is 52.2 Å². The molecule has 2 aromatic heterocycles. The summed E-state index contributed by atoms with van der Waals surface area (Å²) >= 11 is 0. The lowest BCUT2D eigenvalue weighted by atomic mass is 10.3. The predicted octanol–water partition coefficient (Wildman–Crippen LogP) is 1.14. The molecule has 11 heteroatoms. The van der Waals surface area contributed by atoms with Crippen molar-refractivity contribution in [1.82, 2.24) is 9.38 Å². The number of rotatable bonds is 5. The van der Waals surface area contributed by atoms with Crippen molar-refractivity contribution in [2.75, 3.05) is 0 Å². The Kier molecular flexibility index (Phi) is 4.64. The molecule has 0 bridgehead atoms. The Morgan fingerprint density at radius 1 is 1.26 bits per heavy atom. The number of sulfonamides is 1. The maximum Gasteiger partial charge on any atom is 0.312 e. The monoisotopic (exact) mass is 390 g/mol. The van der Waals surface area contributed by atoms with Crippen molar-refractivity contribution in [2.45, 2.75) is 18.4 Å². The van der Waals surface area contributed by atoms with E-state index in [0.29, 0.717) is 11.3 Å². The molecule has 1 aromatic carbocycles. The van der Waals surface area contributed by atoms with E-state index < -0.39 is 25.5 Å². The van der Waals surface area contributed by atoms with Crippen molar-refractivity contribution in [1.29, 1.82) is 0 Å². The van der Waals surface area contributed by atoms with Gasteiger partial charge in [-0.2, -0.15) is 0 Å². The summed E-state index contributed by atoms with van der Waals surface area (Å²) in [6.45, 7) is 1.55. The fraction of sp³-hybridized carbons (Fsp3) is 0.125. The summed E-state index contributed by atoms with van der Waals surface area (Å²) in [5, 5.41) is 16.2. The number of fused-ring (bicyclic) bond motifs is 1. The van der Waals surface area contributed by atoms with Crippen LogP contribution < -0.4 is 15.4 Å². The number of pyridine rings is 1. The lowest BCUT2D eigenvalue weighted by Crippen LogP contribution is -2.18. The van der Waals surface area contributed by atoms with Gasteiger partial charge in [0.1, 0.15) is 12.3 Å². The van der Waals surface area contributed by atoms with Gasteiger partial charge in [-0.1, -0.05) is 6.07 Å². The van der Waals surface area contributed by atoms with Crippen LogP contribution in [0.5, 0.6) is 5.75 Å². The Morgan fingerprint density at radius 2 is 2.00 bits per heavy atom. The number of hydrogen-bond acceptors (Lipinski definition) is 7. The summed E-state index contributed by atoms with van der Waals surface area (Å²) in [4.78, 5) is 26.6. The SMILES string of the molecule is Cc1cccc2nc(COc3ccc(S(N)(=O)=O)cc3[N+](=O)[O-])cc(=O)n12. The minimum Gasteiger partial charge on any atom is -0.480 e. The highest BCUT2D eigenvalue weighted by Gasteiger charge is 2.20. The Bertz CT molecular complexity index is 1220. The number of aromatic nitrogens is 2. The summed E-state index contributed by atoms with van der Waals surface area (Å²) in [6, 6.07) is 9.49. The molecule has 0 spiro atoms. The van der Waals surface area contributed by atoms with Crippen molar-refractivity contribution in [3.63, 3.8) is 0 Å². The van der Waals surface area contributed by atoms with Gasteiger partial charge in [-0.05, 0) is 31.2 Å². The third kappa shape index (κ3) is 3.78. The highest BCUT2D eigenvalue weighted by atomic mass is 32.2. The molecule has 0 fully saturated rings. The first kappa shape index (κ1) is 18.5. The van der Waals surface area contributed by atoms with Gasteiger partial charge < -0.3 is 4.74 Å². The summed E-state index contributed by atoms with van der Waals surface area (Å²) in [6.07, 6.45) is 0. The molecule has 3 aromatic rings. The highest BCUT2D eigenvalue weighted by Crippen LogP contribution is 2.29. The standard InChI is InChI=1S/C16H14N4O6S/c1-10-3-2-4-15-18-11(7-16(21)19(10)15)9-26-14-6-5-12(27(17,24)25)8-13(14)20(22)23/h2-8H,9H2,1H3,(H2,17,24,25). The van der Waals surface area contributed by atoms with E-state index >= 15 is 0 Å². The molecule has 0 unspecified atom stereocenters. The van der Waals surface area contributed by atoms with Crippen molar-refractivity contribution < 1.29 is 18.1 Å². The topological polar surface area (TPSA) is 147 Å². The second-order valence-electron chi connectivity index (χ2n) is 5.67. The zero-order valence-corrected chi connectivity index (χ0v) is 14.8. The van der Waals surface area contributed by atoms with Crippen molar-refractivity contribution in [2.24, 2.45) is 5.14 Å². The summed E-state index contributed by atoms with van der Waals surface area (Å²) in [5.41, 5.74) is 0.535. The van der Waals surface area contributed by atoms with Crippen LogP contribution in [-0.2, 0) is 16.6 Å². The van der Waals surface area contributed by atoms with Crippen LogP contribution in [0.3, 0.4) is 0 Å². The predicted molar refractivity (Wildman–Crippen MR) is 95.0 cm³/mol. The molecule has 10 nitrogen and oxygen atoms in total. The molecule has 0 atom stereocenters. The van der Waals surface area contributed by atoms with Gasteiger partial charge in [-0.3, -0.25) is 19.3 Å². The van der Waals surface area contributed by atoms with E-state index in [0.717, 1.165) is 18.2 Å². The van der Waals surface area contributed by atoms with E-state index in [4.69, 9.17) is 9.88 Å². The average molecular weight is 390 g/mol. The molecule has 0 aliphatic rings. The number of hydrogen-bond donors (Lipinski definition) is 1. The Balaban J connectivity index is 1.94. The minimum absolute atomic E-state index is 0.168. The van der Waals surface area contributed by atoms with Crippen LogP contribution >= 0.6 is 0 Å². The number of nitro benzene ring substituents is 1. The summed E-state index contributed by atoms with van der Waals surface area (Å²) < 4.78 is 29.5. The van der Waals surface area contributed by atoms with Gasteiger partial charge in [0.15, 0.2) is 5.75 Å². The van der Waals surface area contributed by atoms with Gasteiger partial charge in [0, 0.05) is 17.8 Å². The van der Waals surface area contributed by atoms with E-state index in [2.05, 4.69) is 4.98 Å². The molecule has 0 amide bonds. The van der Waals surface area contributed by atoms with Gasteiger partial charge in [0.25, 0.3) is 5.56 Å². The number of aryl methyl sites for hydroxylation is 1. The minimum atomic E-state index is -4.09. The quantitative estimate of drug-likeness (QED) is 0.507. The number of nitrogens with zero attached hydrogens (tertiary/aromatic N) is 3. The maximum absolute atomic E-state index is 12.2. The zero-order chi connectivity index (χ0) is 19.8. The molecule has 3 rings (SSSR count). The van der Waals surface area contributed by atoms with Gasteiger partial charge in [-0.15, -0.1) is 0 Å². The van der Waals surface area contributed by atoms with Crippen molar-refractivity contribution in [3.05, 3.63) is 74.3 Å². The smallest absolute Gasteiger partial charge is 0.312 e. The molecule has 0 saturated carbocycles. The second kappa shape index (κ2) is 6.78. The first-order valence-corrected chi connectivity index (χ1v) is 9.14. The Labute approximate surface area is 153 Å². The molecular weight excluding hydrogens is 376 g/mol. The molecule has 140 valence electrons. The number of nitro groups is 1. The van der Waals surface area contributed by atoms with E-state index in [-0.39, 0.29) is 23.6 Å². The largest absolute Gasteiger partial charge is 0.480 e. The molecule has 27 heavy (non-hydrogen) atoms. The van der Waals surface area contributed by atoms with E-state index in [1.54, 1.807) is 25.1 Å². The first-order chi connectivity index (χ1) is 12.7. The van der Waals surface area contributed by atoms with E-state index in [1.807, 2.05) is 0 Å². The lowest BCUT2D eigenvalue weighted by Gasteiger charge is -2.09. The number of primary sulfonamides is 1. The van der Waals surface area contributed by atoms with E-state index in [9.17, 15) is 23.3 Å². The van der Waals surface area contributed by atoms with Crippen LogP contribution in [0.2, 0.25) is 0 Å². The van der Waals surface area contributed by atoms with Crippen molar-refractivity contribution >= 4 is 21.4 Å². The van der Waals surface area contributed by atoms with Gasteiger partial charge in [0.2, 0.25) is 10.0 Å².